The van der Waals surface area contributed by atoms with E-state index < -0.39 is 11.7 Å². The molecular formula is C26H26Cl2F3N3O2. The van der Waals surface area contributed by atoms with E-state index in [1.807, 2.05) is 6.92 Å². The SMILES string of the molecule is CC(=O)C1CCN(C(=O)c2ccc(Cl)c(Cc3nc4c(C)cc(C(F)(F)F)cc4n3C)c2Cl)CC1C. The Bertz CT molecular complexity index is 1370. The van der Waals surface area contributed by atoms with E-state index in [-0.39, 0.29) is 35.0 Å². The minimum absolute atomic E-state index is 0.0376. The van der Waals surface area contributed by atoms with Crippen LogP contribution in [0.25, 0.3) is 11.0 Å². The van der Waals surface area contributed by atoms with Gasteiger partial charge in [-0.25, -0.2) is 4.98 Å². The number of Topliss-reactive ketones (excluding diaryl/α,β-unsaturated/α-hetero) is 1. The van der Waals surface area contributed by atoms with Gasteiger partial charge in [0.2, 0.25) is 0 Å². The molecule has 5 nitrogen and oxygen atoms in total. The van der Waals surface area contributed by atoms with Crippen molar-refractivity contribution in [3.8, 4) is 0 Å². The van der Waals surface area contributed by atoms with Crippen molar-refractivity contribution in [3.05, 3.63) is 62.4 Å². The first-order chi connectivity index (χ1) is 16.8. The number of ketones is 1. The number of piperidine rings is 1. The molecule has 0 saturated carbocycles. The number of imidazole rings is 1. The first kappa shape index (κ1) is 26.5. The molecule has 1 aliphatic rings. The number of fused-ring (bicyclic) bond motifs is 1. The van der Waals surface area contributed by atoms with Gasteiger partial charge in [0.25, 0.3) is 5.91 Å². The zero-order valence-electron chi connectivity index (χ0n) is 20.3. The normalized spacial score (nSPS) is 18.6. The van der Waals surface area contributed by atoms with Crippen molar-refractivity contribution in [1.29, 1.82) is 0 Å². The molecule has 1 aliphatic heterocycles. The lowest BCUT2D eigenvalue weighted by Gasteiger charge is -2.36. The topological polar surface area (TPSA) is 55.2 Å². The zero-order valence-corrected chi connectivity index (χ0v) is 21.9. The molecule has 2 atom stereocenters. The number of aromatic nitrogens is 2. The van der Waals surface area contributed by atoms with Gasteiger partial charge >= 0.3 is 6.18 Å². The van der Waals surface area contributed by atoms with Gasteiger partial charge in [0.1, 0.15) is 11.6 Å². The average molecular weight is 540 g/mol. The van der Waals surface area contributed by atoms with Crippen LogP contribution in [-0.4, -0.2) is 39.2 Å². The number of likely N-dealkylation sites (tertiary alicyclic amines) is 1. The van der Waals surface area contributed by atoms with E-state index in [1.54, 1.807) is 42.5 Å². The minimum Gasteiger partial charge on any atom is -0.338 e. The Morgan fingerprint density at radius 2 is 1.89 bits per heavy atom. The molecule has 0 N–H and O–H groups in total. The van der Waals surface area contributed by atoms with Crippen LogP contribution in [0.2, 0.25) is 10.0 Å². The molecule has 1 aromatic heterocycles. The lowest BCUT2D eigenvalue weighted by molar-refractivity contribution is -0.137. The maximum atomic E-state index is 13.3. The number of alkyl halides is 3. The summed E-state index contributed by atoms with van der Waals surface area (Å²) in [5.74, 6) is 0.320. The number of carbonyl (C=O) groups is 2. The molecule has 1 fully saturated rings. The van der Waals surface area contributed by atoms with E-state index in [4.69, 9.17) is 23.2 Å². The maximum absolute atomic E-state index is 13.3. The highest BCUT2D eigenvalue weighted by molar-refractivity contribution is 6.38. The van der Waals surface area contributed by atoms with Gasteiger partial charge in [0.05, 0.1) is 27.2 Å². The van der Waals surface area contributed by atoms with E-state index in [0.29, 0.717) is 58.1 Å². The van der Waals surface area contributed by atoms with Crippen molar-refractivity contribution in [2.45, 2.75) is 39.8 Å². The molecule has 192 valence electrons. The summed E-state index contributed by atoms with van der Waals surface area (Å²) < 4.78 is 41.6. The summed E-state index contributed by atoms with van der Waals surface area (Å²) in [5.41, 5.74) is 1.24. The number of aryl methyl sites for hydroxylation is 2. The van der Waals surface area contributed by atoms with Crippen molar-refractivity contribution in [2.75, 3.05) is 13.1 Å². The fourth-order valence-corrected chi connectivity index (χ4v) is 5.60. The molecular weight excluding hydrogens is 514 g/mol. The maximum Gasteiger partial charge on any atom is 0.416 e. The molecule has 0 spiro atoms. The number of amides is 1. The monoisotopic (exact) mass is 539 g/mol. The molecule has 10 heteroatoms. The molecule has 2 unspecified atom stereocenters. The Balaban J connectivity index is 1.67. The zero-order chi connectivity index (χ0) is 26.5. The van der Waals surface area contributed by atoms with E-state index in [2.05, 4.69) is 4.98 Å². The number of hydrogen-bond donors (Lipinski definition) is 0. The van der Waals surface area contributed by atoms with Crippen LogP contribution in [-0.2, 0) is 24.4 Å². The van der Waals surface area contributed by atoms with Gasteiger partial charge < -0.3 is 9.47 Å². The van der Waals surface area contributed by atoms with Crippen LogP contribution >= 0.6 is 23.2 Å². The third kappa shape index (κ3) is 4.85. The number of benzene rings is 2. The largest absolute Gasteiger partial charge is 0.416 e. The smallest absolute Gasteiger partial charge is 0.338 e. The molecule has 0 bridgehead atoms. The predicted octanol–water partition coefficient (Wildman–Crippen LogP) is 6.49. The first-order valence-corrected chi connectivity index (χ1v) is 12.3. The van der Waals surface area contributed by atoms with E-state index in [1.165, 1.54) is 0 Å². The van der Waals surface area contributed by atoms with E-state index in [9.17, 15) is 22.8 Å². The van der Waals surface area contributed by atoms with Crippen LogP contribution in [0.1, 0.15) is 53.1 Å². The van der Waals surface area contributed by atoms with Crippen molar-refractivity contribution in [1.82, 2.24) is 14.5 Å². The van der Waals surface area contributed by atoms with Crippen LogP contribution in [0.3, 0.4) is 0 Å². The van der Waals surface area contributed by atoms with Crippen LogP contribution in [0, 0.1) is 18.8 Å². The van der Waals surface area contributed by atoms with Crippen molar-refractivity contribution in [2.24, 2.45) is 18.9 Å². The molecule has 3 aromatic rings. The first-order valence-electron chi connectivity index (χ1n) is 11.6. The van der Waals surface area contributed by atoms with Crippen LogP contribution in [0.5, 0.6) is 0 Å². The highest BCUT2D eigenvalue weighted by Crippen LogP contribution is 2.35. The Hall–Kier alpha value is -2.58. The summed E-state index contributed by atoms with van der Waals surface area (Å²) in [6.45, 7) is 6.02. The summed E-state index contributed by atoms with van der Waals surface area (Å²) >= 11 is 13.1. The highest BCUT2D eigenvalue weighted by atomic mass is 35.5. The van der Waals surface area contributed by atoms with Gasteiger partial charge in [-0.1, -0.05) is 30.1 Å². The van der Waals surface area contributed by atoms with Crippen LogP contribution < -0.4 is 0 Å². The van der Waals surface area contributed by atoms with Gasteiger partial charge in [-0.15, -0.1) is 0 Å². The Morgan fingerprint density at radius 1 is 1.19 bits per heavy atom. The second kappa shape index (κ2) is 9.71. The predicted molar refractivity (Wildman–Crippen MR) is 134 cm³/mol. The van der Waals surface area contributed by atoms with Crippen molar-refractivity contribution < 1.29 is 22.8 Å². The molecule has 1 amide bonds. The second-order valence-electron chi connectivity index (χ2n) is 9.54. The van der Waals surface area contributed by atoms with Crippen LogP contribution in [0.15, 0.2) is 24.3 Å². The Labute approximate surface area is 217 Å². The van der Waals surface area contributed by atoms with Gasteiger partial charge in [0, 0.05) is 37.5 Å². The fraction of sp³-hybridized carbons (Fsp3) is 0.423. The lowest BCUT2D eigenvalue weighted by Crippen LogP contribution is -2.44. The van der Waals surface area contributed by atoms with Gasteiger partial charge in [-0.3, -0.25) is 9.59 Å². The highest BCUT2D eigenvalue weighted by Gasteiger charge is 2.33. The number of halogens is 5. The number of hydrogen-bond acceptors (Lipinski definition) is 3. The molecule has 2 aromatic carbocycles. The molecule has 4 rings (SSSR count). The summed E-state index contributed by atoms with van der Waals surface area (Å²) in [5, 5.41) is 0.522. The molecule has 0 aliphatic carbocycles. The molecule has 36 heavy (non-hydrogen) atoms. The van der Waals surface area contributed by atoms with Gasteiger partial charge in [-0.2, -0.15) is 13.2 Å². The van der Waals surface area contributed by atoms with Crippen LogP contribution in [0.4, 0.5) is 13.2 Å². The molecule has 2 heterocycles. The van der Waals surface area contributed by atoms with E-state index >= 15 is 0 Å². The van der Waals surface area contributed by atoms with Gasteiger partial charge in [-0.05, 0) is 61.6 Å². The number of rotatable bonds is 4. The second-order valence-corrected chi connectivity index (χ2v) is 10.3. The van der Waals surface area contributed by atoms with Crippen molar-refractivity contribution in [3.63, 3.8) is 0 Å². The lowest BCUT2D eigenvalue weighted by atomic mass is 9.84. The van der Waals surface area contributed by atoms with Crippen molar-refractivity contribution >= 4 is 45.9 Å². The number of carbonyl (C=O) groups excluding carboxylic acids is 2. The number of nitrogens with zero attached hydrogens (tertiary/aromatic N) is 3. The minimum atomic E-state index is -4.47. The Kier molecular flexibility index (Phi) is 7.14. The summed E-state index contributed by atoms with van der Waals surface area (Å²) in [4.78, 5) is 31.4. The summed E-state index contributed by atoms with van der Waals surface area (Å²) in [6, 6.07) is 5.33. The summed E-state index contributed by atoms with van der Waals surface area (Å²) in [6.07, 6.45) is -3.74. The quantitative estimate of drug-likeness (QED) is 0.381. The third-order valence-electron chi connectivity index (χ3n) is 7.06. The third-order valence-corrected chi connectivity index (χ3v) is 7.85. The summed E-state index contributed by atoms with van der Waals surface area (Å²) in [7, 11) is 1.64. The van der Waals surface area contributed by atoms with E-state index in [0.717, 1.165) is 12.1 Å². The molecule has 0 radical (unpaired) electrons. The standard InChI is InChI=1S/C26H26Cl2F3N3O2/c1-13-9-16(26(29,30)31)10-21-24(13)32-22(33(21)4)11-19-20(27)6-5-18(23(19)28)25(36)34-8-7-17(15(3)35)14(2)12-34/h5-6,9-10,14,17H,7-8,11-12H2,1-4H3. The van der Waals surface area contributed by atoms with Gasteiger partial charge in [0.15, 0.2) is 0 Å². The molecule has 1 saturated heterocycles. The Morgan fingerprint density at radius 3 is 2.50 bits per heavy atom. The average Bonchev–Trinajstić information content (AvgIpc) is 3.11. The fourth-order valence-electron chi connectivity index (χ4n) is 5.01.